The molecule has 0 saturated heterocycles. The molecule has 0 spiro atoms. The van der Waals surface area contributed by atoms with Crippen LogP contribution >= 0.6 is 0 Å². The summed E-state index contributed by atoms with van der Waals surface area (Å²) in [6.07, 6.45) is 11.0. The van der Waals surface area contributed by atoms with Gasteiger partial charge in [0.2, 0.25) is 0 Å². The van der Waals surface area contributed by atoms with Gasteiger partial charge in [0.05, 0.1) is 17.1 Å². The molecule has 11 heteroatoms. The van der Waals surface area contributed by atoms with Gasteiger partial charge in [0, 0.05) is 18.6 Å². The van der Waals surface area contributed by atoms with Crippen LogP contribution in [0.3, 0.4) is 0 Å². The molecule has 0 fully saturated rings. The minimum atomic E-state index is -0.479. The zero-order chi connectivity index (χ0) is 22.7. The van der Waals surface area contributed by atoms with Crippen LogP contribution in [-0.4, -0.2) is 78.4 Å². The Morgan fingerprint density at radius 1 is 0.429 bits per heavy atom. The van der Waals surface area contributed by atoms with Crippen LogP contribution in [-0.2, 0) is 0 Å². The van der Waals surface area contributed by atoms with E-state index in [0.29, 0.717) is 0 Å². The Kier molecular flexibility index (Phi) is 6.61. The summed E-state index contributed by atoms with van der Waals surface area (Å²) in [5.41, 5.74) is 4.68. The molecule has 0 aliphatic rings. The summed E-state index contributed by atoms with van der Waals surface area (Å²) in [6, 6.07) is 23.1. The van der Waals surface area contributed by atoms with Gasteiger partial charge in [-0.3, -0.25) is 15.0 Å². The van der Waals surface area contributed by atoms with Crippen LogP contribution in [0.1, 0.15) is 0 Å². The molecule has 0 bridgehead atoms. The number of rotatable bonds is 6. The Labute approximate surface area is 221 Å². The fourth-order valence-corrected chi connectivity index (χ4v) is 3.72. The van der Waals surface area contributed by atoms with Crippen molar-refractivity contribution in [2.75, 3.05) is 0 Å². The zero-order valence-corrected chi connectivity index (χ0v) is 23.1. The molecule has 6 aromatic heterocycles. The maximum Gasteiger partial charge on any atom is 1.00 e. The first-order valence-corrected chi connectivity index (χ1v) is 10.7. The average molecular weight is 648 g/mol. The summed E-state index contributed by atoms with van der Waals surface area (Å²) in [6.45, 7) is 0. The Balaban J connectivity index is 0.00000253. The fourth-order valence-electron chi connectivity index (χ4n) is 3.72. The molecule has 1 radical (unpaired) electrons. The topological polar surface area (TPSA) is 92.1 Å². The van der Waals surface area contributed by atoms with Gasteiger partial charge in [-0.15, -0.1) is 0 Å². The molecule has 0 aromatic carbocycles. The summed E-state index contributed by atoms with van der Waals surface area (Å²) >= 11 is 0. The van der Waals surface area contributed by atoms with Gasteiger partial charge in [-0.1, -0.05) is 18.2 Å². The van der Waals surface area contributed by atoms with Crippen molar-refractivity contribution in [1.82, 2.24) is 44.0 Å². The normalized spacial score (nSPS) is 10.9. The second kappa shape index (κ2) is 10.1. The molecule has 6 aromatic rings. The summed E-state index contributed by atoms with van der Waals surface area (Å²) in [7, 11) is -0.479. The second-order valence-corrected chi connectivity index (χ2v) is 7.53. The molecule has 0 unspecified atom stereocenters. The Morgan fingerprint density at radius 2 is 0.771 bits per heavy atom. The third-order valence-corrected chi connectivity index (χ3v) is 5.32. The van der Waals surface area contributed by atoms with E-state index in [4.69, 9.17) is 15.3 Å². The van der Waals surface area contributed by atoms with Crippen LogP contribution < -0.4 is 0 Å². The summed E-state index contributed by atoms with van der Waals surface area (Å²) in [4.78, 5) is 13.3. The second-order valence-electron chi connectivity index (χ2n) is 7.53. The maximum absolute atomic E-state index is 4.80. The number of hydrogen-bond donors (Lipinski definition) is 0. The predicted molar refractivity (Wildman–Crippen MR) is 134 cm³/mol. The SMILES string of the molecule is [Tl+].c1ccc(-c2ccn([B-](n3ccc(-c4ccccn4)n3)n3ccc(-c4ccccn4)n3)n2)nc1. The average Bonchev–Trinajstić information content (AvgIpc) is 3.68. The van der Waals surface area contributed by atoms with Gasteiger partial charge in [-0.2, -0.15) is 0 Å². The van der Waals surface area contributed by atoms with Crippen molar-refractivity contribution in [3.8, 4) is 34.2 Å². The molecule has 0 N–H and O–H groups in total. The summed E-state index contributed by atoms with van der Waals surface area (Å²) in [5, 5.41) is 14.4. The van der Waals surface area contributed by atoms with E-state index in [1.807, 2.05) is 105 Å². The first-order valence-electron chi connectivity index (χ1n) is 10.7. The van der Waals surface area contributed by atoms with Gasteiger partial charge in [-0.05, 0) is 73.2 Å². The molecule has 0 saturated carbocycles. The van der Waals surface area contributed by atoms with Gasteiger partial charge in [0.25, 0.3) is 7.12 Å². The molecule has 0 atom stereocenters. The fraction of sp³-hybridized carbons (Fsp3) is 0. The van der Waals surface area contributed by atoms with Crippen molar-refractivity contribution >= 4 is 34.4 Å². The predicted octanol–water partition coefficient (Wildman–Crippen LogP) is 3.01. The van der Waals surface area contributed by atoms with E-state index in [0.717, 1.165) is 34.2 Å². The third-order valence-electron chi connectivity index (χ3n) is 5.32. The monoisotopic (exact) mass is 648 g/mol. The quantitative estimate of drug-likeness (QED) is 0.258. The third kappa shape index (κ3) is 4.69. The molecule has 165 valence electrons. The summed E-state index contributed by atoms with van der Waals surface area (Å²) < 4.78 is 5.44. The first-order chi connectivity index (χ1) is 16.8. The van der Waals surface area contributed by atoms with Gasteiger partial charge >= 0.3 is 27.3 Å². The van der Waals surface area contributed by atoms with Crippen LogP contribution in [0.25, 0.3) is 34.2 Å². The molecular formula is C24H18BN9Tl. The number of hydrogen-bond acceptors (Lipinski definition) is 6. The number of nitrogens with zero attached hydrogens (tertiary/aromatic N) is 9. The molecule has 6 rings (SSSR count). The largest absolute Gasteiger partial charge is 1.00 e. The molecule has 0 aliphatic carbocycles. The maximum atomic E-state index is 4.80. The van der Waals surface area contributed by atoms with E-state index in [-0.39, 0.29) is 27.3 Å². The van der Waals surface area contributed by atoms with Crippen molar-refractivity contribution in [3.63, 3.8) is 0 Å². The van der Waals surface area contributed by atoms with E-state index in [1.54, 1.807) is 18.6 Å². The van der Waals surface area contributed by atoms with Crippen molar-refractivity contribution in [1.29, 1.82) is 0 Å². The van der Waals surface area contributed by atoms with Crippen LogP contribution in [0.15, 0.2) is 110 Å². The Bertz CT molecular complexity index is 1330. The van der Waals surface area contributed by atoms with Crippen LogP contribution in [0.4, 0.5) is 0 Å². The van der Waals surface area contributed by atoms with Crippen LogP contribution in [0, 0.1) is 0 Å². The standard InChI is InChI=1S/C24H18BN9.Tl/c1-4-13-26-19(7-1)22-10-16-32(29-22)25(33-17-11-23(30-33)20-8-2-5-14-27-20)34-18-12-24(31-34)21-9-3-6-15-28-21;/h1-18H;/q-1;+1. The van der Waals surface area contributed by atoms with Gasteiger partial charge in [-0.25, -0.2) is 15.3 Å². The van der Waals surface area contributed by atoms with E-state index >= 15 is 0 Å². The molecule has 6 heterocycles. The molecule has 0 amide bonds. The van der Waals surface area contributed by atoms with Gasteiger partial charge < -0.3 is 13.8 Å². The molecule has 35 heavy (non-hydrogen) atoms. The van der Waals surface area contributed by atoms with Crippen molar-refractivity contribution in [3.05, 3.63) is 110 Å². The molecule has 9 nitrogen and oxygen atoms in total. The van der Waals surface area contributed by atoms with E-state index in [2.05, 4.69) is 15.0 Å². The number of pyridine rings is 3. The summed E-state index contributed by atoms with van der Waals surface area (Å²) in [5.74, 6) is 0. The molecule has 0 aliphatic heterocycles. The van der Waals surface area contributed by atoms with Crippen molar-refractivity contribution in [2.24, 2.45) is 0 Å². The Morgan fingerprint density at radius 3 is 1.06 bits per heavy atom. The minimum absolute atomic E-state index is 0. The molecular weight excluding hydrogens is 630 g/mol. The van der Waals surface area contributed by atoms with Crippen LogP contribution in [0.5, 0.6) is 0 Å². The van der Waals surface area contributed by atoms with E-state index in [1.165, 1.54) is 0 Å². The minimum Gasteiger partial charge on any atom is -0.424 e. The van der Waals surface area contributed by atoms with Crippen molar-refractivity contribution in [2.45, 2.75) is 0 Å². The van der Waals surface area contributed by atoms with E-state index in [9.17, 15) is 0 Å². The van der Waals surface area contributed by atoms with Crippen LogP contribution in [0.2, 0.25) is 0 Å². The van der Waals surface area contributed by atoms with Gasteiger partial charge in [0.1, 0.15) is 17.1 Å². The Hall–Kier alpha value is -3.93. The zero-order valence-electron chi connectivity index (χ0n) is 18.6. The van der Waals surface area contributed by atoms with Crippen molar-refractivity contribution < 1.29 is 0 Å². The first kappa shape index (κ1) is 22.8. The number of aromatic nitrogens is 9. The van der Waals surface area contributed by atoms with E-state index < -0.39 is 7.12 Å². The van der Waals surface area contributed by atoms with Gasteiger partial charge in [0.15, 0.2) is 0 Å². The smallest absolute Gasteiger partial charge is 0.424 e.